The van der Waals surface area contributed by atoms with Crippen LogP contribution in [0.5, 0.6) is 0 Å². The van der Waals surface area contributed by atoms with E-state index in [9.17, 15) is 14.9 Å². The van der Waals surface area contributed by atoms with Crippen molar-refractivity contribution in [2.45, 2.75) is 5.41 Å². The molecule has 5 heteroatoms. The zero-order chi connectivity index (χ0) is 21.4. The Morgan fingerprint density at radius 2 is 1.19 bits per heavy atom. The molecule has 0 aliphatic carbocycles. The highest BCUT2D eigenvalue weighted by atomic mass is 19.1. The first-order valence-electron chi connectivity index (χ1n) is 9.88. The highest BCUT2D eigenvalue weighted by molar-refractivity contribution is 5.91. The Balaban J connectivity index is 1.99. The maximum atomic E-state index is 13.9. The third-order valence-electron chi connectivity index (χ3n) is 6.02. The molecule has 3 aromatic carbocycles. The SMILES string of the molecule is N#CC(C#N)C(c1ccc(F)cc1)(c1c[nH]c2ccccc12)c1c[nH]c2ccccc12. The van der Waals surface area contributed by atoms with E-state index in [0.29, 0.717) is 5.56 Å². The van der Waals surface area contributed by atoms with Crippen molar-refractivity contribution in [2.24, 2.45) is 5.92 Å². The van der Waals surface area contributed by atoms with Gasteiger partial charge in [-0.15, -0.1) is 0 Å². The molecule has 0 fully saturated rings. The van der Waals surface area contributed by atoms with E-state index in [1.165, 1.54) is 12.1 Å². The molecule has 0 bridgehead atoms. The summed E-state index contributed by atoms with van der Waals surface area (Å²) in [6.07, 6.45) is 3.72. The molecule has 2 aromatic heterocycles. The Labute approximate surface area is 178 Å². The number of fused-ring (bicyclic) bond motifs is 2. The molecule has 0 radical (unpaired) electrons. The van der Waals surface area contributed by atoms with Crippen LogP contribution < -0.4 is 0 Å². The number of nitrogens with one attached hydrogen (secondary N) is 2. The maximum Gasteiger partial charge on any atom is 0.151 e. The number of H-pyrrole nitrogens is 2. The van der Waals surface area contributed by atoms with E-state index >= 15 is 0 Å². The molecule has 0 unspecified atom stereocenters. The molecule has 2 heterocycles. The topological polar surface area (TPSA) is 79.2 Å². The lowest BCUT2D eigenvalue weighted by Crippen LogP contribution is -2.36. The molecule has 0 saturated heterocycles. The van der Waals surface area contributed by atoms with Crippen LogP contribution >= 0.6 is 0 Å². The summed E-state index contributed by atoms with van der Waals surface area (Å²) in [6, 6.07) is 26.1. The van der Waals surface area contributed by atoms with Gasteiger partial charge in [0.2, 0.25) is 0 Å². The highest BCUT2D eigenvalue weighted by Gasteiger charge is 2.47. The van der Waals surface area contributed by atoms with Crippen molar-refractivity contribution < 1.29 is 4.39 Å². The smallest absolute Gasteiger partial charge is 0.151 e. The fourth-order valence-electron chi connectivity index (χ4n) is 4.66. The molecule has 31 heavy (non-hydrogen) atoms. The Kier molecular flexibility index (Phi) is 4.31. The third-order valence-corrected chi connectivity index (χ3v) is 6.02. The third kappa shape index (κ3) is 2.64. The Morgan fingerprint density at radius 3 is 1.68 bits per heavy atom. The second-order valence-corrected chi connectivity index (χ2v) is 7.50. The summed E-state index contributed by atoms with van der Waals surface area (Å²) in [5.74, 6) is -1.43. The zero-order valence-electron chi connectivity index (χ0n) is 16.4. The van der Waals surface area contributed by atoms with E-state index in [1.807, 2.05) is 60.9 Å². The normalized spacial score (nSPS) is 11.6. The van der Waals surface area contributed by atoms with Gasteiger partial charge in [0, 0.05) is 34.2 Å². The number of nitrogens with zero attached hydrogens (tertiary/aromatic N) is 2. The van der Waals surface area contributed by atoms with Crippen LogP contribution in [0.1, 0.15) is 16.7 Å². The monoisotopic (exact) mass is 404 g/mol. The number of para-hydroxylation sites is 2. The first-order valence-corrected chi connectivity index (χ1v) is 9.88. The Hall–Kier alpha value is -4.35. The average molecular weight is 404 g/mol. The van der Waals surface area contributed by atoms with Crippen LogP contribution in [0.4, 0.5) is 4.39 Å². The largest absolute Gasteiger partial charge is 0.361 e. The van der Waals surface area contributed by atoms with Crippen molar-refractivity contribution in [3.63, 3.8) is 0 Å². The van der Waals surface area contributed by atoms with E-state index in [4.69, 9.17) is 0 Å². The lowest BCUT2D eigenvalue weighted by atomic mass is 9.62. The van der Waals surface area contributed by atoms with Crippen LogP contribution in [0.15, 0.2) is 85.2 Å². The Morgan fingerprint density at radius 1 is 0.710 bits per heavy atom. The number of rotatable bonds is 4. The van der Waals surface area contributed by atoms with E-state index in [2.05, 4.69) is 22.1 Å². The van der Waals surface area contributed by atoms with Gasteiger partial charge in [0.1, 0.15) is 5.82 Å². The summed E-state index contributed by atoms with van der Waals surface area (Å²) in [5, 5.41) is 22.1. The van der Waals surface area contributed by atoms with Crippen LogP contribution in [0.25, 0.3) is 21.8 Å². The molecule has 0 amide bonds. The summed E-state index contributed by atoms with van der Waals surface area (Å²) in [5.41, 5.74) is 2.93. The van der Waals surface area contributed by atoms with Gasteiger partial charge in [-0.25, -0.2) is 4.39 Å². The molecule has 0 spiro atoms. The first kappa shape index (κ1) is 18.7. The summed E-state index contributed by atoms with van der Waals surface area (Å²) in [6.45, 7) is 0. The van der Waals surface area contributed by atoms with E-state index in [0.717, 1.165) is 32.9 Å². The van der Waals surface area contributed by atoms with Gasteiger partial charge in [-0.2, -0.15) is 10.5 Å². The highest BCUT2D eigenvalue weighted by Crippen LogP contribution is 2.49. The van der Waals surface area contributed by atoms with E-state index in [1.54, 1.807) is 12.1 Å². The van der Waals surface area contributed by atoms with Crippen LogP contribution in [0.3, 0.4) is 0 Å². The minimum atomic E-state index is -1.14. The lowest BCUT2D eigenvalue weighted by Gasteiger charge is -2.35. The van der Waals surface area contributed by atoms with Crippen LogP contribution in [-0.2, 0) is 5.41 Å². The second kappa shape index (κ2) is 7.16. The molecular weight excluding hydrogens is 387 g/mol. The van der Waals surface area contributed by atoms with E-state index < -0.39 is 11.3 Å². The number of nitriles is 2. The predicted molar refractivity (Wildman–Crippen MR) is 118 cm³/mol. The molecule has 148 valence electrons. The number of halogens is 1. The maximum absolute atomic E-state index is 13.9. The Bertz CT molecular complexity index is 1390. The van der Waals surface area contributed by atoms with Gasteiger partial charge in [0.25, 0.3) is 0 Å². The molecular formula is C26H17FN4. The summed E-state index contributed by atoms with van der Waals surface area (Å²) < 4.78 is 13.9. The summed E-state index contributed by atoms with van der Waals surface area (Å²) >= 11 is 0. The van der Waals surface area contributed by atoms with Gasteiger partial charge >= 0.3 is 0 Å². The number of hydrogen-bond donors (Lipinski definition) is 2. The molecule has 0 aliphatic rings. The quantitative estimate of drug-likeness (QED) is 0.398. The minimum absolute atomic E-state index is 0.374. The van der Waals surface area contributed by atoms with Gasteiger partial charge in [-0.3, -0.25) is 0 Å². The molecule has 0 saturated carbocycles. The standard InChI is InChI=1S/C26H17FN4/c27-19-11-9-17(10-12-19)26(18(13-28)14-29,22-15-30-24-7-3-1-5-20(22)24)23-16-31-25-8-4-2-6-21(23)25/h1-12,15-16,18,30-31H. The number of aromatic nitrogens is 2. The van der Waals surface area contributed by atoms with Crippen LogP contribution in [0, 0.1) is 34.4 Å². The predicted octanol–water partition coefficient (Wildman–Crippen LogP) is 5.79. The van der Waals surface area contributed by atoms with Gasteiger partial charge in [0.05, 0.1) is 17.6 Å². The van der Waals surface area contributed by atoms with Crippen molar-refractivity contribution in [3.05, 3.63) is 108 Å². The second-order valence-electron chi connectivity index (χ2n) is 7.50. The fraction of sp³-hybridized carbons (Fsp3) is 0.0769. The molecule has 2 N–H and O–H groups in total. The van der Waals surface area contributed by atoms with Crippen LogP contribution in [-0.4, -0.2) is 9.97 Å². The van der Waals surface area contributed by atoms with Crippen molar-refractivity contribution in [2.75, 3.05) is 0 Å². The minimum Gasteiger partial charge on any atom is -0.361 e. The number of benzene rings is 3. The zero-order valence-corrected chi connectivity index (χ0v) is 16.4. The van der Waals surface area contributed by atoms with Gasteiger partial charge in [-0.1, -0.05) is 48.5 Å². The van der Waals surface area contributed by atoms with Crippen molar-refractivity contribution >= 4 is 21.8 Å². The number of aromatic amines is 2. The molecule has 4 nitrogen and oxygen atoms in total. The first-order chi connectivity index (χ1) is 15.2. The van der Waals surface area contributed by atoms with Gasteiger partial charge in [0.15, 0.2) is 5.92 Å². The molecule has 0 aliphatic heterocycles. The van der Waals surface area contributed by atoms with E-state index in [-0.39, 0.29) is 5.82 Å². The molecule has 5 rings (SSSR count). The fourth-order valence-corrected chi connectivity index (χ4v) is 4.66. The van der Waals surface area contributed by atoms with Crippen molar-refractivity contribution in [1.82, 2.24) is 9.97 Å². The molecule has 5 aromatic rings. The average Bonchev–Trinajstić information content (AvgIpc) is 3.43. The van der Waals surface area contributed by atoms with Crippen LogP contribution in [0.2, 0.25) is 0 Å². The summed E-state index contributed by atoms with van der Waals surface area (Å²) in [4.78, 5) is 6.57. The van der Waals surface area contributed by atoms with Gasteiger partial charge in [-0.05, 0) is 41.0 Å². The lowest BCUT2D eigenvalue weighted by molar-refractivity contribution is 0.547. The number of hydrogen-bond acceptors (Lipinski definition) is 2. The summed E-state index contributed by atoms with van der Waals surface area (Å²) in [7, 11) is 0. The molecule has 0 atom stereocenters. The van der Waals surface area contributed by atoms with Crippen molar-refractivity contribution in [1.29, 1.82) is 10.5 Å². The van der Waals surface area contributed by atoms with Crippen molar-refractivity contribution in [3.8, 4) is 12.1 Å². The van der Waals surface area contributed by atoms with Gasteiger partial charge < -0.3 is 9.97 Å².